The maximum absolute atomic E-state index is 12.8. The molecule has 6 unspecified atom stereocenters. The molecule has 1 rings (SSSR count). The zero-order chi connectivity index (χ0) is 46.9. The van der Waals surface area contributed by atoms with Crippen molar-refractivity contribution in [3.05, 3.63) is 60.8 Å². The lowest BCUT2D eigenvalue weighted by molar-refractivity contribution is -0.220. The second-order valence-corrected chi connectivity index (χ2v) is 18.7. The molecule has 0 spiro atoms. The summed E-state index contributed by atoms with van der Waals surface area (Å²) < 4.78 is 34.2. The molecule has 0 bridgehead atoms. The summed E-state index contributed by atoms with van der Waals surface area (Å²) in [5, 5.41) is 50.2. The Kier molecular flexibility index (Phi) is 38.7. The molecule has 372 valence electrons. The Bertz CT molecular complexity index is 1290. The van der Waals surface area contributed by atoms with Crippen LogP contribution in [0, 0.1) is 0 Å². The molecule has 0 radical (unpaired) electrons. The largest absolute Gasteiger partial charge is 0.472 e. The van der Waals surface area contributed by atoms with Crippen molar-refractivity contribution in [3.8, 4) is 0 Å². The number of hydrogen-bond acceptors (Lipinski definition) is 11. The van der Waals surface area contributed by atoms with E-state index in [1.807, 2.05) is 0 Å². The van der Waals surface area contributed by atoms with Crippen molar-refractivity contribution in [2.24, 2.45) is 0 Å². The molecule has 1 aliphatic rings. The van der Waals surface area contributed by atoms with Gasteiger partial charge in [0.2, 0.25) is 0 Å². The Labute approximate surface area is 387 Å². The van der Waals surface area contributed by atoms with Crippen LogP contribution in [0.25, 0.3) is 0 Å². The van der Waals surface area contributed by atoms with Gasteiger partial charge in [-0.2, -0.15) is 0 Å². The summed E-state index contributed by atoms with van der Waals surface area (Å²) in [4.78, 5) is 23.2. The van der Waals surface area contributed by atoms with Gasteiger partial charge in [-0.3, -0.25) is 13.8 Å². The zero-order valence-corrected chi connectivity index (χ0v) is 40.7. The summed E-state index contributed by atoms with van der Waals surface area (Å²) in [7, 11) is -5.03. The number of ether oxygens (including phenoxy) is 2. The lowest BCUT2D eigenvalue weighted by Crippen LogP contribution is -2.64. The van der Waals surface area contributed by atoms with Gasteiger partial charge in [-0.05, 0) is 77.0 Å². The molecule has 1 fully saturated rings. The third kappa shape index (κ3) is 32.7. The van der Waals surface area contributed by atoms with Crippen LogP contribution in [0.3, 0.4) is 0 Å². The fourth-order valence-electron chi connectivity index (χ4n) is 7.34. The fraction of sp³-hybridized carbons (Fsp3) is 0.784. The molecule has 1 saturated carbocycles. The van der Waals surface area contributed by atoms with Crippen LogP contribution in [0.2, 0.25) is 0 Å². The van der Waals surface area contributed by atoms with Crippen molar-refractivity contribution in [3.63, 3.8) is 0 Å². The number of carbonyl (C=O) groups is 1. The first kappa shape index (κ1) is 60.1. The van der Waals surface area contributed by atoms with Crippen molar-refractivity contribution in [1.29, 1.82) is 0 Å². The third-order valence-corrected chi connectivity index (χ3v) is 12.3. The van der Waals surface area contributed by atoms with Gasteiger partial charge in [0.25, 0.3) is 0 Å². The second-order valence-electron chi connectivity index (χ2n) is 17.3. The second kappa shape index (κ2) is 41.2. The fourth-order valence-corrected chi connectivity index (χ4v) is 8.31. The lowest BCUT2D eigenvalue weighted by Gasteiger charge is -2.41. The van der Waals surface area contributed by atoms with Crippen molar-refractivity contribution < 1.29 is 58.3 Å². The zero-order valence-electron chi connectivity index (χ0n) is 39.8. The van der Waals surface area contributed by atoms with Crippen molar-refractivity contribution >= 4 is 13.8 Å². The predicted molar refractivity (Wildman–Crippen MR) is 258 cm³/mol. The molecule has 0 saturated heterocycles. The standard InChI is InChI=1S/C51H91O12P/c1-3-5-7-9-11-13-15-17-19-20-21-22-23-24-25-26-27-28-30-32-34-36-38-40-45(52)62-44(42-60-41-39-37-35-33-31-29-18-16-14-12-10-8-6-4-2)43-61-64(58,59)63-51-49(56)47(54)46(53)48(55)50(51)57/h8,10,14-17,20-21,23-24,44,46-51,53-57H,3-7,9,11-13,18-19,22,25-43H2,1-2H3,(H,58,59)/b10-8-,16-14-,17-15-,21-20-,24-23-. The number of hydrogen-bond donors (Lipinski definition) is 6. The molecular formula is C51H91O12P. The van der Waals surface area contributed by atoms with E-state index in [2.05, 4.69) is 74.6 Å². The topological polar surface area (TPSA) is 192 Å². The highest BCUT2D eigenvalue weighted by atomic mass is 31.2. The van der Waals surface area contributed by atoms with Crippen LogP contribution in [-0.2, 0) is 27.9 Å². The van der Waals surface area contributed by atoms with Crippen LogP contribution < -0.4 is 0 Å². The van der Waals surface area contributed by atoms with Gasteiger partial charge in [0.05, 0.1) is 13.2 Å². The van der Waals surface area contributed by atoms with E-state index >= 15 is 0 Å². The third-order valence-electron chi connectivity index (χ3n) is 11.3. The average Bonchev–Trinajstić information content (AvgIpc) is 3.28. The molecule has 64 heavy (non-hydrogen) atoms. The molecule has 0 heterocycles. The smallest absolute Gasteiger partial charge is 0.457 e. The predicted octanol–water partition coefficient (Wildman–Crippen LogP) is 11.0. The van der Waals surface area contributed by atoms with E-state index < -0.39 is 63.1 Å². The van der Waals surface area contributed by atoms with Gasteiger partial charge in [-0.15, -0.1) is 0 Å². The van der Waals surface area contributed by atoms with Crippen LogP contribution in [0.5, 0.6) is 0 Å². The number of allylic oxidation sites excluding steroid dienone is 10. The van der Waals surface area contributed by atoms with E-state index in [1.165, 1.54) is 64.2 Å². The number of phosphoric ester groups is 1. The highest BCUT2D eigenvalue weighted by Gasteiger charge is 2.51. The van der Waals surface area contributed by atoms with Gasteiger partial charge in [0.1, 0.15) is 42.7 Å². The summed E-state index contributed by atoms with van der Waals surface area (Å²) in [5.74, 6) is -0.490. The molecule has 0 aromatic carbocycles. The van der Waals surface area contributed by atoms with E-state index in [4.69, 9.17) is 18.5 Å². The molecule has 6 N–H and O–H groups in total. The van der Waals surface area contributed by atoms with Crippen molar-refractivity contribution in [2.45, 2.75) is 236 Å². The molecular weight excluding hydrogens is 836 g/mol. The molecule has 1 aliphatic carbocycles. The van der Waals surface area contributed by atoms with Gasteiger partial charge in [-0.25, -0.2) is 4.57 Å². The first-order chi connectivity index (χ1) is 31.0. The van der Waals surface area contributed by atoms with Gasteiger partial charge < -0.3 is 39.9 Å². The normalized spacial score (nSPS) is 22.2. The van der Waals surface area contributed by atoms with Gasteiger partial charge in [0, 0.05) is 13.0 Å². The number of phosphoric acid groups is 1. The summed E-state index contributed by atoms with van der Waals surface area (Å²) in [6, 6.07) is 0. The quantitative estimate of drug-likeness (QED) is 0.0147. The summed E-state index contributed by atoms with van der Waals surface area (Å²) in [6.45, 7) is 4.16. The van der Waals surface area contributed by atoms with Crippen LogP contribution in [0.15, 0.2) is 60.8 Å². The molecule has 0 aromatic heterocycles. The maximum atomic E-state index is 12.8. The lowest BCUT2D eigenvalue weighted by atomic mass is 9.85. The SMILES string of the molecule is CCC/C=C\C/C=C\CCCCCCCCOCC(COP(=O)(O)OC1C(O)C(O)C(O)C(O)C1O)OC(=O)CCCCCCCCCC/C=C\C/C=C\C/C=C\CCCCCCC. The Morgan fingerprint density at radius 1 is 0.500 bits per heavy atom. The minimum Gasteiger partial charge on any atom is -0.457 e. The van der Waals surface area contributed by atoms with Crippen LogP contribution >= 0.6 is 7.82 Å². The Morgan fingerprint density at radius 3 is 1.39 bits per heavy atom. The Hall–Kier alpha value is -1.96. The van der Waals surface area contributed by atoms with E-state index in [-0.39, 0.29) is 13.0 Å². The summed E-state index contributed by atoms with van der Waals surface area (Å²) >= 11 is 0. The number of unbranched alkanes of at least 4 members (excludes halogenated alkanes) is 20. The van der Waals surface area contributed by atoms with E-state index in [9.17, 15) is 39.8 Å². The molecule has 0 amide bonds. The Morgan fingerprint density at radius 2 is 0.906 bits per heavy atom. The van der Waals surface area contributed by atoms with Crippen LogP contribution in [0.4, 0.5) is 0 Å². The summed E-state index contributed by atoms with van der Waals surface area (Å²) in [6.07, 6.45) is 40.0. The number of aliphatic hydroxyl groups is 5. The van der Waals surface area contributed by atoms with E-state index in [0.29, 0.717) is 13.0 Å². The maximum Gasteiger partial charge on any atom is 0.472 e. The summed E-state index contributed by atoms with van der Waals surface area (Å²) in [5.41, 5.74) is 0. The van der Waals surface area contributed by atoms with Crippen molar-refractivity contribution in [2.75, 3.05) is 19.8 Å². The molecule has 6 atom stereocenters. The van der Waals surface area contributed by atoms with Crippen LogP contribution in [-0.4, -0.2) is 98.9 Å². The Balaban J connectivity index is 2.35. The number of esters is 1. The van der Waals surface area contributed by atoms with Crippen LogP contribution in [0.1, 0.15) is 194 Å². The molecule has 0 aromatic rings. The average molecular weight is 927 g/mol. The van der Waals surface area contributed by atoms with E-state index in [1.54, 1.807) is 0 Å². The first-order valence-electron chi connectivity index (χ1n) is 25.1. The monoisotopic (exact) mass is 927 g/mol. The highest BCUT2D eigenvalue weighted by Crippen LogP contribution is 2.47. The van der Waals surface area contributed by atoms with Gasteiger partial charge in [0.15, 0.2) is 0 Å². The van der Waals surface area contributed by atoms with E-state index in [0.717, 1.165) is 103 Å². The number of rotatable bonds is 42. The number of aliphatic hydroxyl groups excluding tert-OH is 5. The van der Waals surface area contributed by atoms with Gasteiger partial charge >= 0.3 is 13.8 Å². The van der Waals surface area contributed by atoms with Crippen molar-refractivity contribution in [1.82, 2.24) is 0 Å². The minimum absolute atomic E-state index is 0.0892. The molecule has 12 nitrogen and oxygen atoms in total. The first-order valence-corrected chi connectivity index (χ1v) is 26.6. The van der Waals surface area contributed by atoms with Gasteiger partial charge in [-0.1, -0.05) is 171 Å². The highest BCUT2D eigenvalue weighted by molar-refractivity contribution is 7.47. The molecule has 13 heteroatoms. The molecule has 0 aliphatic heterocycles. The minimum atomic E-state index is -5.03. The number of carbonyl (C=O) groups excluding carboxylic acids is 1.